The molecule has 0 amide bonds. The zero-order chi connectivity index (χ0) is 13.1. The Balaban J connectivity index is 3.23. The van der Waals surface area contributed by atoms with Crippen LogP contribution in [0.4, 0.5) is 4.39 Å². The maximum atomic E-state index is 13.4. The first-order valence-electron chi connectivity index (χ1n) is 5.97. The zero-order valence-corrected chi connectivity index (χ0v) is 11.3. The fourth-order valence-electron chi connectivity index (χ4n) is 2.10. The number of nitrogens with one attached hydrogen (secondary N) is 1. The second-order valence-corrected chi connectivity index (χ2v) is 4.95. The average molecular weight is 239 g/mol. The molecule has 0 aliphatic rings. The van der Waals surface area contributed by atoms with Gasteiger partial charge in [-0.2, -0.15) is 0 Å². The molecule has 2 nitrogen and oxygen atoms in total. The van der Waals surface area contributed by atoms with Gasteiger partial charge in [-0.1, -0.05) is 20.8 Å². The molecule has 0 saturated carbocycles. The van der Waals surface area contributed by atoms with Crippen LogP contribution in [-0.2, 0) is 0 Å². The van der Waals surface area contributed by atoms with Crippen LogP contribution in [0.25, 0.3) is 0 Å². The van der Waals surface area contributed by atoms with E-state index in [1.54, 1.807) is 19.2 Å². The van der Waals surface area contributed by atoms with Gasteiger partial charge in [0.15, 0.2) is 0 Å². The molecule has 3 heteroatoms. The molecule has 0 spiro atoms. The standard InChI is InChI=1S/C14H22FNO/c1-6-14(2,3)13(16-4)11-9-10(15)7-8-12(11)17-5/h7-9,13,16H,6H2,1-5H3. The van der Waals surface area contributed by atoms with Crippen LogP contribution in [0, 0.1) is 11.2 Å². The highest BCUT2D eigenvalue weighted by Gasteiger charge is 2.30. The molecule has 0 aliphatic carbocycles. The van der Waals surface area contributed by atoms with Crippen LogP contribution in [-0.4, -0.2) is 14.2 Å². The van der Waals surface area contributed by atoms with E-state index >= 15 is 0 Å². The van der Waals surface area contributed by atoms with Crippen molar-refractivity contribution in [3.8, 4) is 5.75 Å². The minimum Gasteiger partial charge on any atom is -0.496 e. The molecule has 1 unspecified atom stereocenters. The third kappa shape index (κ3) is 2.97. The number of hydrogen-bond acceptors (Lipinski definition) is 2. The fourth-order valence-corrected chi connectivity index (χ4v) is 2.10. The van der Waals surface area contributed by atoms with Gasteiger partial charge in [0, 0.05) is 11.6 Å². The predicted molar refractivity (Wildman–Crippen MR) is 68.8 cm³/mol. The highest BCUT2D eigenvalue weighted by molar-refractivity contribution is 5.37. The first-order chi connectivity index (χ1) is 7.96. The largest absolute Gasteiger partial charge is 0.496 e. The number of ether oxygens (including phenoxy) is 1. The number of methoxy groups -OCH3 is 1. The number of hydrogen-bond donors (Lipinski definition) is 1. The summed E-state index contributed by atoms with van der Waals surface area (Å²) in [6.45, 7) is 6.47. The fraction of sp³-hybridized carbons (Fsp3) is 0.571. The summed E-state index contributed by atoms with van der Waals surface area (Å²) in [7, 11) is 3.51. The van der Waals surface area contributed by atoms with Crippen LogP contribution in [0.1, 0.15) is 38.8 Å². The van der Waals surface area contributed by atoms with Crippen molar-refractivity contribution in [1.82, 2.24) is 5.32 Å². The van der Waals surface area contributed by atoms with Crippen molar-refractivity contribution in [3.63, 3.8) is 0 Å². The van der Waals surface area contributed by atoms with Crippen LogP contribution in [0.2, 0.25) is 0 Å². The van der Waals surface area contributed by atoms with E-state index in [2.05, 4.69) is 26.1 Å². The smallest absolute Gasteiger partial charge is 0.123 e. The normalized spacial score (nSPS) is 13.5. The highest BCUT2D eigenvalue weighted by atomic mass is 19.1. The maximum absolute atomic E-state index is 13.4. The summed E-state index contributed by atoms with van der Waals surface area (Å²) >= 11 is 0. The van der Waals surface area contributed by atoms with Gasteiger partial charge in [0.1, 0.15) is 11.6 Å². The van der Waals surface area contributed by atoms with E-state index in [9.17, 15) is 4.39 Å². The summed E-state index contributed by atoms with van der Waals surface area (Å²) in [6, 6.07) is 4.73. The summed E-state index contributed by atoms with van der Waals surface area (Å²) in [6.07, 6.45) is 0.998. The number of rotatable bonds is 5. The van der Waals surface area contributed by atoms with Crippen molar-refractivity contribution in [3.05, 3.63) is 29.6 Å². The van der Waals surface area contributed by atoms with Gasteiger partial charge in [-0.3, -0.25) is 0 Å². The van der Waals surface area contributed by atoms with Gasteiger partial charge in [0.05, 0.1) is 7.11 Å². The Labute approximate surface area is 103 Å². The van der Waals surface area contributed by atoms with Crippen LogP contribution >= 0.6 is 0 Å². The van der Waals surface area contributed by atoms with E-state index in [0.717, 1.165) is 17.7 Å². The van der Waals surface area contributed by atoms with Gasteiger partial charge in [0.2, 0.25) is 0 Å². The molecule has 96 valence electrons. The molecular formula is C14H22FNO. The van der Waals surface area contributed by atoms with E-state index in [4.69, 9.17) is 4.74 Å². The van der Waals surface area contributed by atoms with Gasteiger partial charge in [-0.25, -0.2) is 4.39 Å². The summed E-state index contributed by atoms with van der Waals surface area (Å²) in [5, 5.41) is 3.26. The molecule has 0 aliphatic heterocycles. The number of benzene rings is 1. The third-order valence-electron chi connectivity index (χ3n) is 3.48. The molecule has 0 radical (unpaired) electrons. The van der Waals surface area contributed by atoms with Crippen LogP contribution < -0.4 is 10.1 Å². The van der Waals surface area contributed by atoms with Crippen molar-refractivity contribution in [2.24, 2.45) is 5.41 Å². The monoisotopic (exact) mass is 239 g/mol. The molecule has 17 heavy (non-hydrogen) atoms. The molecule has 1 rings (SSSR count). The molecule has 0 heterocycles. The lowest BCUT2D eigenvalue weighted by molar-refractivity contribution is 0.239. The molecule has 0 bridgehead atoms. The summed E-state index contributed by atoms with van der Waals surface area (Å²) < 4.78 is 18.7. The Kier molecular flexibility index (Phi) is 4.52. The van der Waals surface area contributed by atoms with Crippen molar-refractivity contribution in [2.75, 3.05) is 14.2 Å². The SMILES string of the molecule is CCC(C)(C)C(NC)c1cc(F)ccc1OC. The van der Waals surface area contributed by atoms with Crippen LogP contribution in [0.5, 0.6) is 5.75 Å². The van der Waals surface area contributed by atoms with Gasteiger partial charge in [-0.15, -0.1) is 0 Å². The predicted octanol–water partition coefficient (Wildman–Crippen LogP) is 3.53. The highest BCUT2D eigenvalue weighted by Crippen LogP contribution is 2.39. The molecule has 0 fully saturated rings. The molecule has 0 aromatic heterocycles. The van der Waals surface area contributed by atoms with Crippen molar-refractivity contribution in [1.29, 1.82) is 0 Å². The molecule has 1 aromatic rings. The lowest BCUT2D eigenvalue weighted by Gasteiger charge is -2.34. The lowest BCUT2D eigenvalue weighted by Crippen LogP contribution is -2.32. The van der Waals surface area contributed by atoms with E-state index in [1.807, 2.05) is 7.05 Å². The van der Waals surface area contributed by atoms with Crippen molar-refractivity contribution >= 4 is 0 Å². The molecule has 1 atom stereocenters. The minimum absolute atomic E-state index is 0.0375. The zero-order valence-electron chi connectivity index (χ0n) is 11.3. The van der Waals surface area contributed by atoms with E-state index in [1.165, 1.54) is 6.07 Å². The Morgan fingerprint density at radius 1 is 1.41 bits per heavy atom. The molecule has 1 aromatic carbocycles. The summed E-state index contributed by atoms with van der Waals surface area (Å²) in [5.41, 5.74) is 0.914. The van der Waals surface area contributed by atoms with Crippen molar-refractivity contribution < 1.29 is 9.13 Å². The quantitative estimate of drug-likeness (QED) is 0.848. The minimum atomic E-state index is -0.229. The van der Waals surface area contributed by atoms with Gasteiger partial charge < -0.3 is 10.1 Å². The Morgan fingerprint density at radius 3 is 2.53 bits per heavy atom. The molecule has 1 N–H and O–H groups in total. The lowest BCUT2D eigenvalue weighted by atomic mass is 9.78. The first-order valence-corrected chi connectivity index (χ1v) is 5.97. The van der Waals surface area contributed by atoms with Gasteiger partial charge in [-0.05, 0) is 37.1 Å². The Hall–Kier alpha value is -1.09. The topological polar surface area (TPSA) is 21.3 Å². The van der Waals surface area contributed by atoms with Crippen LogP contribution in [0.15, 0.2) is 18.2 Å². The van der Waals surface area contributed by atoms with E-state index < -0.39 is 0 Å². The molecule has 0 saturated heterocycles. The van der Waals surface area contributed by atoms with E-state index in [-0.39, 0.29) is 17.3 Å². The second-order valence-electron chi connectivity index (χ2n) is 4.95. The van der Waals surface area contributed by atoms with Gasteiger partial charge in [0.25, 0.3) is 0 Å². The van der Waals surface area contributed by atoms with Gasteiger partial charge >= 0.3 is 0 Å². The average Bonchev–Trinajstić information content (AvgIpc) is 2.30. The Bertz CT molecular complexity index is 376. The third-order valence-corrected chi connectivity index (χ3v) is 3.48. The molecular weight excluding hydrogens is 217 g/mol. The van der Waals surface area contributed by atoms with Crippen molar-refractivity contribution in [2.45, 2.75) is 33.2 Å². The maximum Gasteiger partial charge on any atom is 0.123 e. The van der Waals surface area contributed by atoms with Crippen LogP contribution in [0.3, 0.4) is 0 Å². The Morgan fingerprint density at radius 2 is 2.06 bits per heavy atom. The number of halogens is 1. The second kappa shape index (κ2) is 5.50. The first kappa shape index (κ1) is 14.0. The summed E-state index contributed by atoms with van der Waals surface area (Å²) in [4.78, 5) is 0. The summed E-state index contributed by atoms with van der Waals surface area (Å²) in [5.74, 6) is 0.500. The van der Waals surface area contributed by atoms with E-state index in [0.29, 0.717) is 0 Å².